The number of piperazine rings is 1. The lowest BCUT2D eigenvalue weighted by atomic mass is 9.96. The molecule has 2 nitrogen and oxygen atoms in total. The molecule has 1 fully saturated rings. The van der Waals surface area contributed by atoms with E-state index in [2.05, 4.69) is 31.0 Å². The van der Waals surface area contributed by atoms with Crippen molar-refractivity contribution >= 4 is 17.3 Å². The van der Waals surface area contributed by atoms with Gasteiger partial charge in [-0.05, 0) is 24.5 Å². The Hall–Kier alpha value is -0.800. The summed E-state index contributed by atoms with van der Waals surface area (Å²) >= 11 is 6.26. The minimum atomic E-state index is -0.222. The van der Waals surface area contributed by atoms with Gasteiger partial charge in [-0.15, -0.1) is 0 Å². The third kappa shape index (κ3) is 3.26. The molecule has 4 heteroatoms. The van der Waals surface area contributed by atoms with E-state index < -0.39 is 0 Å². The highest BCUT2D eigenvalue weighted by molar-refractivity contribution is 6.33. The van der Waals surface area contributed by atoms with Crippen LogP contribution in [0.15, 0.2) is 18.2 Å². The van der Waals surface area contributed by atoms with Crippen LogP contribution in [0.3, 0.4) is 0 Å². The minimum absolute atomic E-state index is 0.222. The molecule has 1 aromatic carbocycles. The number of nitrogens with zero attached hydrogens (tertiary/aromatic N) is 1. The van der Waals surface area contributed by atoms with Gasteiger partial charge in [-0.2, -0.15) is 0 Å². The molecule has 0 spiro atoms. The van der Waals surface area contributed by atoms with Gasteiger partial charge in [0.2, 0.25) is 0 Å². The summed E-state index contributed by atoms with van der Waals surface area (Å²) in [4.78, 5) is 2.17. The zero-order valence-electron chi connectivity index (χ0n) is 12.5. The number of hydrogen-bond acceptors (Lipinski definition) is 2. The third-order valence-corrected chi connectivity index (χ3v) is 4.37. The van der Waals surface area contributed by atoms with Crippen molar-refractivity contribution in [2.24, 2.45) is 5.92 Å². The van der Waals surface area contributed by atoms with Crippen molar-refractivity contribution in [3.63, 3.8) is 0 Å². The monoisotopic (exact) mass is 298 g/mol. The van der Waals surface area contributed by atoms with E-state index in [1.165, 1.54) is 6.07 Å². The molecule has 0 aromatic heterocycles. The topological polar surface area (TPSA) is 15.3 Å². The predicted octanol–water partition coefficient (Wildman–Crippen LogP) is 4.08. The summed E-state index contributed by atoms with van der Waals surface area (Å²) in [7, 11) is 0. The van der Waals surface area contributed by atoms with Crippen LogP contribution in [-0.4, -0.2) is 25.2 Å². The first kappa shape index (κ1) is 15.6. The smallest absolute Gasteiger partial charge is 0.148 e. The maximum Gasteiger partial charge on any atom is 0.148 e. The van der Waals surface area contributed by atoms with Crippen LogP contribution in [0.5, 0.6) is 0 Å². The number of para-hydroxylation sites is 1. The second-order valence-corrected chi connectivity index (χ2v) is 6.34. The van der Waals surface area contributed by atoms with Gasteiger partial charge in [0.05, 0.1) is 10.7 Å². The number of halogens is 2. The van der Waals surface area contributed by atoms with Crippen molar-refractivity contribution in [1.29, 1.82) is 0 Å². The molecule has 0 bridgehead atoms. The van der Waals surface area contributed by atoms with Crippen LogP contribution in [0, 0.1) is 11.7 Å². The second-order valence-electron chi connectivity index (χ2n) is 5.93. The minimum Gasteiger partial charge on any atom is -0.362 e. The first-order chi connectivity index (χ1) is 9.54. The second kappa shape index (κ2) is 6.77. The average molecular weight is 299 g/mol. The van der Waals surface area contributed by atoms with Crippen molar-refractivity contribution < 1.29 is 4.39 Å². The molecule has 0 aliphatic carbocycles. The number of nitrogens with one attached hydrogen (secondary N) is 1. The molecule has 0 saturated carbocycles. The van der Waals surface area contributed by atoms with Crippen molar-refractivity contribution in [3.05, 3.63) is 29.0 Å². The maximum absolute atomic E-state index is 14.2. The Morgan fingerprint density at radius 3 is 2.80 bits per heavy atom. The van der Waals surface area contributed by atoms with E-state index in [0.29, 0.717) is 22.7 Å². The molecule has 0 radical (unpaired) electrons. The van der Waals surface area contributed by atoms with Gasteiger partial charge in [-0.3, -0.25) is 0 Å². The summed E-state index contributed by atoms with van der Waals surface area (Å²) in [5, 5.41) is 4.09. The molecule has 1 N–H and O–H groups in total. The van der Waals surface area contributed by atoms with E-state index in [9.17, 15) is 4.39 Å². The summed E-state index contributed by atoms with van der Waals surface area (Å²) in [6, 6.07) is 5.61. The Kier molecular flexibility index (Phi) is 5.28. The first-order valence-corrected chi connectivity index (χ1v) is 7.86. The zero-order valence-corrected chi connectivity index (χ0v) is 13.3. The van der Waals surface area contributed by atoms with Gasteiger partial charge in [0, 0.05) is 25.2 Å². The summed E-state index contributed by atoms with van der Waals surface area (Å²) in [5.41, 5.74) is 0.565. The number of anilines is 1. The van der Waals surface area contributed by atoms with Crippen LogP contribution < -0.4 is 10.2 Å². The van der Waals surface area contributed by atoms with Gasteiger partial charge in [-0.1, -0.05) is 44.9 Å². The lowest BCUT2D eigenvalue weighted by molar-refractivity contribution is 0.325. The van der Waals surface area contributed by atoms with Crippen molar-refractivity contribution in [1.82, 2.24) is 5.32 Å². The Bertz CT molecular complexity index is 430. The van der Waals surface area contributed by atoms with E-state index in [1.807, 2.05) is 0 Å². The molecular formula is C16H24ClFN2. The van der Waals surface area contributed by atoms with Gasteiger partial charge in [0.1, 0.15) is 5.82 Å². The van der Waals surface area contributed by atoms with Crippen molar-refractivity contribution in [3.8, 4) is 0 Å². The molecule has 2 unspecified atom stereocenters. The first-order valence-electron chi connectivity index (χ1n) is 7.48. The quantitative estimate of drug-likeness (QED) is 0.901. The van der Waals surface area contributed by atoms with Crippen LogP contribution in [0.1, 0.15) is 33.6 Å². The van der Waals surface area contributed by atoms with Crippen LogP contribution in [0.2, 0.25) is 5.02 Å². The summed E-state index contributed by atoms with van der Waals surface area (Å²) in [6.07, 6.45) is 2.23. The van der Waals surface area contributed by atoms with Crippen molar-refractivity contribution in [2.45, 2.75) is 45.7 Å². The highest BCUT2D eigenvalue weighted by atomic mass is 35.5. The Morgan fingerprint density at radius 2 is 2.20 bits per heavy atom. The Balaban J connectivity index is 2.31. The fourth-order valence-electron chi connectivity index (χ4n) is 2.99. The standard InChI is InChI=1S/C16H24ClFN2/c1-4-6-12-10-20(15(9-19-12)11(2)3)16-13(17)7-5-8-14(16)18/h5,7-8,11-12,15,19H,4,6,9-10H2,1-3H3. The van der Waals surface area contributed by atoms with Gasteiger partial charge in [0.25, 0.3) is 0 Å². The van der Waals surface area contributed by atoms with Crippen molar-refractivity contribution in [2.75, 3.05) is 18.0 Å². The number of hydrogen-bond donors (Lipinski definition) is 1. The molecule has 1 aliphatic rings. The number of rotatable bonds is 4. The average Bonchev–Trinajstić information content (AvgIpc) is 2.39. The molecule has 1 heterocycles. The number of benzene rings is 1. The van der Waals surface area contributed by atoms with Crippen LogP contribution in [0.4, 0.5) is 10.1 Å². The summed E-state index contributed by atoms with van der Waals surface area (Å²) in [6.45, 7) is 8.23. The Labute approximate surface area is 126 Å². The summed E-state index contributed by atoms with van der Waals surface area (Å²) in [5.74, 6) is 0.223. The van der Waals surface area contributed by atoms with Crippen LogP contribution >= 0.6 is 11.6 Å². The fraction of sp³-hybridized carbons (Fsp3) is 0.625. The van der Waals surface area contributed by atoms with E-state index >= 15 is 0 Å². The molecule has 2 atom stereocenters. The van der Waals surface area contributed by atoms with E-state index in [-0.39, 0.29) is 11.9 Å². The Morgan fingerprint density at radius 1 is 1.45 bits per heavy atom. The van der Waals surface area contributed by atoms with E-state index in [4.69, 9.17) is 11.6 Å². The molecule has 1 aliphatic heterocycles. The summed E-state index contributed by atoms with van der Waals surface area (Å²) < 4.78 is 14.2. The molecule has 2 rings (SSSR count). The third-order valence-electron chi connectivity index (χ3n) is 4.06. The molecule has 20 heavy (non-hydrogen) atoms. The van der Waals surface area contributed by atoms with Gasteiger partial charge in [-0.25, -0.2) is 4.39 Å². The SMILES string of the molecule is CCCC1CN(c2c(F)cccc2Cl)C(C(C)C)CN1. The molecule has 112 valence electrons. The molecule has 0 amide bonds. The highest BCUT2D eigenvalue weighted by Crippen LogP contribution is 2.33. The highest BCUT2D eigenvalue weighted by Gasteiger charge is 2.32. The predicted molar refractivity (Wildman–Crippen MR) is 84.1 cm³/mol. The van der Waals surface area contributed by atoms with Gasteiger partial charge >= 0.3 is 0 Å². The molecule has 1 saturated heterocycles. The lowest BCUT2D eigenvalue weighted by Gasteiger charge is -2.44. The maximum atomic E-state index is 14.2. The lowest BCUT2D eigenvalue weighted by Crippen LogP contribution is -2.58. The van der Waals surface area contributed by atoms with E-state index in [0.717, 1.165) is 25.9 Å². The largest absolute Gasteiger partial charge is 0.362 e. The molecule has 1 aromatic rings. The normalized spacial score (nSPS) is 23.4. The van der Waals surface area contributed by atoms with Gasteiger partial charge < -0.3 is 10.2 Å². The van der Waals surface area contributed by atoms with E-state index in [1.54, 1.807) is 12.1 Å². The van der Waals surface area contributed by atoms with Crippen LogP contribution in [-0.2, 0) is 0 Å². The van der Waals surface area contributed by atoms with Gasteiger partial charge in [0.15, 0.2) is 0 Å². The zero-order chi connectivity index (χ0) is 14.7. The fourth-order valence-corrected chi connectivity index (χ4v) is 3.26. The molecular weight excluding hydrogens is 275 g/mol. The van der Waals surface area contributed by atoms with Crippen LogP contribution in [0.25, 0.3) is 0 Å².